The van der Waals surface area contributed by atoms with Gasteiger partial charge in [-0.25, -0.2) is 0 Å². The average molecular weight is 312 g/mol. The van der Waals surface area contributed by atoms with Gasteiger partial charge in [0.05, 0.1) is 17.1 Å². The van der Waals surface area contributed by atoms with E-state index in [1.165, 1.54) is 0 Å². The number of amides is 2. The van der Waals surface area contributed by atoms with E-state index in [9.17, 15) is 9.59 Å². The Balaban J connectivity index is 2.69. The van der Waals surface area contributed by atoms with E-state index in [0.29, 0.717) is 6.42 Å². The summed E-state index contributed by atoms with van der Waals surface area (Å²) in [6.45, 7) is 9.79. The van der Waals surface area contributed by atoms with E-state index in [-0.39, 0.29) is 12.3 Å². The van der Waals surface area contributed by atoms with Gasteiger partial charge in [0, 0.05) is 12.8 Å². The molecule has 0 aromatic heterocycles. The molecular weight excluding hydrogens is 283 g/mol. The molecule has 1 saturated heterocycles. The van der Waals surface area contributed by atoms with Crippen molar-refractivity contribution in [3.8, 4) is 0 Å². The minimum absolute atomic E-state index is 0.00363. The standard InChI is InChI=1S/C15H29BN2O4/c1-6-7-8-9-13(20)18-11(10-12(17)19)16-21-14(2,3)15(4,5)22-16/h11H,6-10H2,1-5H3,(H2,17,19)(H,18,20)/t11-/m1/s1. The van der Waals surface area contributed by atoms with Crippen LogP contribution in [0.25, 0.3) is 0 Å². The van der Waals surface area contributed by atoms with Crippen molar-refractivity contribution in [2.75, 3.05) is 0 Å². The Kier molecular flexibility index (Phi) is 6.44. The third-order valence-corrected chi connectivity index (χ3v) is 4.37. The lowest BCUT2D eigenvalue weighted by Crippen LogP contribution is -2.49. The summed E-state index contributed by atoms with van der Waals surface area (Å²) in [4.78, 5) is 23.3. The van der Waals surface area contributed by atoms with Gasteiger partial charge in [-0.15, -0.1) is 0 Å². The fraction of sp³-hybridized carbons (Fsp3) is 0.867. The fourth-order valence-corrected chi connectivity index (χ4v) is 2.30. The average Bonchev–Trinajstić information content (AvgIpc) is 2.57. The summed E-state index contributed by atoms with van der Waals surface area (Å²) in [5.74, 6) is -1.16. The highest BCUT2D eigenvalue weighted by molar-refractivity contribution is 6.48. The Morgan fingerprint density at radius 2 is 1.68 bits per heavy atom. The predicted octanol–water partition coefficient (Wildman–Crippen LogP) is 1.56. The van der Waals surface area contributed by atoms with Gasteiger partial charge in [0.15, 0.2) is 0 Å². The molecule has 1 aliphatic rings. The van der Waals surface area contributed by atoms with E-state index in [2.05, 4.69) is 12.2 Å². The van der Waals surface area contributed by atoms with Crippen molar-refractivity contribution in [3.63, 3.8) is 0 Å². The molecule has 0 aliphatic carbocycles. The first-order chi connectivity index (χ1) is 10.1. The maximum absolute atomic E-state index is 12.0. The number of carbonyl (C=O) groups is 2. The number of hydrogen-bond acceptors (Lipinski definition) is 4. The van der Waals surface area contributed by atoms with Gasteiger partial charge in [0.1, 0.15) is 0 Å². The van der Waals surface area contributed by atoms with Gasteiger partial charge in [-0.2, -0.15) is 0 Å². The first kappa shape index (κ1) is 19.0. The third kappa shape index (κ3) is 4.99. The van der Waals surface area contributed by atoms with E-state index in [0.717, 1.165) is 19.3 Å². The highest BCUT2D eigenvalue weighted by atomic mass is 16.7. The molecule has 126 valence electrons. The predicted molar refractivity (Wildman–Crippen MR) is 86.0 cm³/mol. The smallest absolute Gasteiger partial charge is 0.402 e. The maximum atomic E-state index is 12.0. The van der Waals surface area contributed by atoms with Gasteiger partial charge in [0.2, 0.25) is 11.8 Å². The highest BCUT2D eigenvalue weighted by Crippen LogP contribution is 2.37. The number of nitrogens with one attached hydrogen (secondary N) is 1. The minimum atomic E-state index is -0.673. The molecular formula is C15H29BN2O4. The molecule has 2 amide bonds. The SMILES string of the molecule is CCCCCC(=O)N[C@H](CC(N)=O)B1OC(C)(C)C(C)(C)O1. The zero-order chi connectivity index (χ0) is 17.0. The van der Waals surface area contributed by atoms with Gasteiger partial charge >= 0.3 is 7.12 Å². The van der Waals surface area contributed by atoms with E-state index >= 15 is 0 Å². The van der Waals surface area contributed by atoms with Crippen LogP contribution in [0.15, 0.2) is 0 Å². The van der Waals surface area contributed by atoms with Gasteiger partial charge < -0.3 is 20.4 Å². The minimum Gasteiger partial charge on any atom is -0.402 e. The third-order valence-electron chi connectivity index (χ3n) is 4.37. The summed E-state index contributed by atoms with van der Waals surface area (Å²) in [5, 5.41) is 2.83. The molecule has 7 heteroatoms. The van der Waals surface area contributed by atoms with Crippen molar-refractivity contribution in [1.29, 1.82) is 0 Å². The van der Waals surface area contributed by atoms with Crippen molar-refractivity contribution in [3.05, 3.63) is 0 Å². The molecule has 0 spiro atoms. The molecule has 1 atom stereocenters. The monoisotopic (exact) mass is 312 g/mol. The molecule has 6 nitrogen and oxygen atoms in total. The lowest BCUT2D eigenvalue weighted by molar-refractivity contribution is -0.122. The number of primary amides is 1. The molecule has 0 aromatic carbocycles. The number of nitrogens with two attached hydrogens (primary N) is 1. The molecule has 1 aliphatic heterocycles. The Morgan fingerprint density at radius 3 is 2.14 bits per heavy atom. The molecule has 0 unspecified atom stereocenters. The Hall–Kier alpha value is -1.08. The second-order valence-electron chi connectivity index (χ2n) is 6.93. The van der Waals surface area contributed by atoms with Crippen LogP contribution in [0.1, 0.15) is 66.7 Å². The fourth-order valence-electron chi connectivity index (χ4n) is 2.30. The zero-order valence-corrected chi connectivity index (χ0v) is 14.4. The van der Waals surface area contributed by atoms with E-state index in [4.69, 9.17) is 15.0 Å². The Bertz CT molecular complexity index is 396. The van der Waals surface area contributed by atoms with Crippen molar-refractivity contribution >= 4 is 18.9 Å². The topological polar surface area (TPSA) is 90.7 Å². The number of carbonyl (C=O) groups excluding carboxylic acids is 2. The van der Waals surface area contributed by atoms with Crippen LogP contribution in [0.4, 0.5) is 0 Å². The van der Waals surface area contributed by atoms with Crippen LogP contribution in [0.5, 0.6) is 0 Å². The largest absolute Gasteiger partial charge is 0.482 e. The number of hydrogen-bond donors (Lipinski definition) is 2. The second kappa shape index (κ2) is 7.46. The van der Waals surface area contributed by atoms with E-state index in [1.54, 1.807) is 0 Å². The summed E-state index contributed by atoms with van der Waals surface area (Å²) in [6, 6.07) is 0. The van der Waals surface area contributed by atoms with Gasteiger partial charge in [-0.1, -0.05) is 19.8 Å². The molecule has 1 rings (SSSR count). The summed E-state index contributed by atoms with van der Waals surface area (Å²) in [7, 11) is -0.673. The van der Waals surface area contributed by atoms with E-state index in [1.807, 2.05) is 27.7 Å². The lowest BCUT2D eigenvalue weighted by Gasteiger charge is -2.32. The lowest BCUT2D eigenvalue weighted by atomic mass is 9.76. The van der Waals surface area contributed by atoms with E-state index < -0.39 is 30.2 Å². The summed E-state index contributed by atoms with van der Waals surface area (Å²) in [6.07, 6.45) is 3.31. The molecule has 1 fully saturated rings. The molecule has 3 N–H and O–H groups in total. The van der Waals surface area contributed by atoms with Crippen LogP contribution in [0, 0.1) is 0 Å². The number of unbranched alkanes of at least 4 members (excludes halogenated alkanes) is 2. The maximum Gasteiger partial charge on any atom is 0.482 e. The Labute approximate surface area is 133 Å². The van der Waals surface area contributed by atoms with Gasteiger partial charge in [0.25, 0.3) is 0 Å². The van der Waals surface area contributed by atoms with Crippen molar-refractivity contribution in [2.24, 2.45) is 5.73 Å². The summed E-state index contributed by atoms with van der Waals surface area (Å²) >= 11 is 0. The second-order valence-corrected chi connectivity index (χ2v) is 6.93. The first-order valence-electron chi connectivity index (χ1n) is 8.02. The summed E-state index contributed by atoms with van der Waals surface area (Å²) in [5.41, 5.74) is 4.27. The van der Waals surface area contributed by atoms with Crippen molar-refractivity contribution in [2.45, 2.75) is 83.9 Å². The van der Waals surface area contributed by atoms with Crippen LogP contribution >= 0.6 is 0 Å². The van der Waals surface area contributed by atoms with Crippen LogP contribution in [0.3, 0.4) is 0 Å². The quantitative estimate of drug-likeness (QED) is 0.525. The van der Waals surface area contributed by atoms with Crippen LogP contribution in [-0.4, -0.2) is 36.1 Å². The van der Waals surface area contributed by atoms with Gasteiger partial charge in [-0.05, 0) is 34.1 Å². The summed E-state index contributed by atoms with van der Waals surface area (Å²) < 4.78 is 11.8. The van der Waals surface area contributed by atoms with Crippen molar-refractivity contribution < 1.29 is 18.9 Å². The zero-order valence-electron chi connectivity index (χ0n) is 14.4. The Morgan fingerprint density at radius 1 is 1.14 bits per heavy atom. The van der Waals surface area contributed by atoms with Crippen LogP contribution < -0.4 is 11.1 Å². The molecule has 0 bridgehead atoms. The molecule has 0 aromatic rings. The first-order valence-corrected chi connectivity index (χ1v) is 8.02. The highest BCUT2D eigenvalue weighted by Gasteiger charge is 2.54. The molecule has 1 heterocycles. The number of rotatable bonds is 8. The van der Waals surface area contributed by atoms with Crippen LogP contribution in [0.2, 0.25) is 0 Å². The van der Waals surface area contributed by atoms with Crippen molar-refractivity contribution in [1.82, 2.24) is 5.32 Å². The van der Waals surface area contributed by atoms with Gasteiger partial charge in [-0.3, -0.25) is 9.59 Å². The van der Waals surface area contributed by atoms with Crippen LogP contribution in [-0.2, 0) is 18.9 Å². The molecule has 22 heavy (non-hydrogen) atoms. The molecule has 0 saturated carbocycles. The normalized spacial score (nSPS) is 20.7. The molecule has 0 radical (unpaired) electrons.